The van der Waals surface area contributed by atoms with E-state index in [0.29, 0.717) is 5.56 Å². The van der Waals surface area contributed by atoms with E-state index in [2.05, 4.69) is 0 Å². The largest absolute Gasteiger partial charge is 0.504 e. The highest BCUT2D eigenvalue weighted by molar-refractivity contribution is 6.33. The molecule has 0 saturated carbocycles. The molecule has 0 amide bonds. The molecule has 4 N–H and O–H groups in total. The first-order valence-electron chi connectivity index (χ1n) is 4.25. The average Bonchev–Trinajstić information content (AvgIpc) is 1.97. The Morgan fingerprint density at radius 3 is 2.29 bits per heavy atom. The monoisotopic (exact) mass is 215 g/mol. The minimum atomic E-state index is -0.646. The second kappa shape index (κ2) is 3.33. The number of benzene rings is 1. The molecule has 1 aromatic carbocycles. The first-order chi connectivity index (χ1) is 6.25. The van der Waals surface area contributed by atoms with Gasteiger partial charge in [0.25, 0.3) is 0 Å². The smallest absolute Gasteiger partial charge is 0.176 e. The van der Waals surface area contributed by atoms with Crippen LogP contribution >= 0.6 is 11.6 Å². The van der Waals surface area contributed by atoms with Gasteiger partial charge in [0, 0.05) is 5.54 Å². The Balaban J connectivity index is 3.53. The summed E-state index contributed by atoms with van der Waals surface area (Å²) in [6.07, 6.45) is 0. The molecule has 1 rings (SSSR count). The third-order valence-corrected chi connectivity index (χ3v) is 2.43. The van der Waals surface area contributed by atoms with E-state index in [1.165, 1.54) is 6.07 Å². The Kier molecular flexibility index (Phi) is 2.65. The number of phenols is 2. The van der Waals surface area contributed by atoms with E-state index < -0.39 is 5.54 Å². The van der Waals surface area contributed by atoms with E-state index >= 15 is 0 Å². The zero-order valence-electron chi connectivity index (χ0n) is 8.43. The lowest BCUT2D eigenvalue weighted by atomic mass is 9.91. The molecule has 4 heteroatoms. The van der Waals surface area contributed by atoms with Gasteiger partial charge in [0.15, 0.2) is 11.5 Å². The fourth-order valence-corrected chi connectivity index (χ4v) is 2.03. The van der Waals surface area contributed by atoms with Gasteiger partial charge in [-0.3, -0.25) is 0 Å². The quantitative estimate of drug-likeness (QED) is 0.630. The fraction of sp³-hybridized carbons (Fsp3) is 0.400. The summed E-state index contributed by atoms with van der Waals surface area (Å²) in [5.41, 5.74) is 6.66. The molecule has 0 unspecified atom stereocenters. The van der Waals surface area contributed by atoms with Gasteiger partial charge < -0.3 is 15.9 Å². The van der Waals surface area contributed by atoms with Gasteiger partial charge in [-0.2, -0.15) is 0 Å². The number of rotatable bonds is 1. The van der Waals surface area contributed by atoms with Crippen molar-refractivity contribution in [2.45, 2.75) is 26.3 Å². The summed E-state index contributed by atoms with van der Waals surface area (Å²) in [4.78, 5) is 0. The number of halogens is 1. The molecule has 0 aliphatic heterocycles. The Labute approximate surface area is 88.1 Å². The summed E-state index contributed by atoms with van der Waals surface area (Å²) in [6, 6.07) is 1.45. The molecule has 14 heavy (non-hydrogen) atoms. The van der Waals surface area contributed by atoms with Gasteiger partial charge in [0.2, 0.25) is 0 Å². The molecule has 78 valence electrons. The Morgan fingerprint density at radius 1 is 1.36 bits per heavy atom. The van der Waals surface area contributed by atoms with Crippen LogP contribution in [0, 0.1) is 6.92 Å². The summed E-state index contributed by atoms with van der Waals surface area (Å²) >= 11 is 5.90. The van der Waals surface area contributed by atoms with Crippen LogP contribution in [0.3, 0.4) is 0 Å². The second-order valence-corrected chi connectivity index (χ2v) is 4.35. The zero-order chi connectivity index (χ0) is 11.1. The molecular weight excluding hydrogens is 202 g/mol. The molecule has 0 aromatic heterocycles. The molecule has 0 atom stereocenters. The zero-order valence-corrected chi connectivity index (χ0v) is 9.18. The lowest BCUT2D eigenvalue weighted by Gasteiger charge is -2.23. The van der Waals surface area contributed by atoms with Gasteiger partial charge in [-0.25, -0.2) is 0 Å². The topological polar surface area (TPSA) is 66.5 Å². The van der Waals surface area contributed by atoms with Crippen LogP contribution in [0.2, 0.25) is 5.02 Å². The lowest BCUT2D eigenvalue weighted by molar-refractivity contribution is 0.400. The number of aromatic hydroxyl groups is 2. The van der Waals surface area contributed by atoms with Gasteiger partial charge in [-0.05, 0) is 38.0 Å². The van der Waals surface area contributed by atoms with Crippen molar-refractivity contribution in [3.8, 4) is 11.5 Å². The molecule has 0 fully saturated rings. The predicted molar refractivity (Wildman–Crippen MR) is 56.7 cm³/mol. The van der Waals surface area contributed by atoms with Crippen LogP contribution in [0.5, 0.6) is 11.5 Å². The SMILES string of the molecule is Cc1cc(O)c(O)c(Cl)c1C(C)(C)N. The summed E-state index contributed by atoms with van der Waals surface area (Å²) < 4.78 is 0. The summed E-state index contributed by atoms with van der Waals surface area (Å²) in [5.74, 6) is -0.536. The molecule has 0 heterocycles. The van der Waals surface area contributed by atoms with Crippen molar-refractivity contribution in [2.75, 3.05) is 0 Å². The van der Waals surface area contributed by atoms with Crippen molar-refractivity contribution in [3.63, 3.8) is 0 Å². The van der Waals surface area contributed by atoms with Crippen molar-refractivity contribution in [3.05, 3.63) is 22.2 Å². The summed E-state index contributed by atoms with van der Waals surface area (Å²) in [6.45, 7) is 5.37. The lowest BCUT2D eigenvalue weighted by Crippen LogP contribution is -2.30. The van der Waals surface area contributed by atoms with Crippen molar-refractivity contribution < 1.29 is 10.2 Å². The van der Waals surface area contributed by atoms with Crippen LogP contribution in [0.25, 0.3) is 0 Å². The van der Waals surface area contributed by atoms with Gasteiger partial charge in [0.05, 0.1) is 5.02 Å². The van der Waals surface area contributed by atoms with Gasteiger partial charge in [0.1, 0.15) is 0 Å². The van der Waals surface area contributed by atoms with Gasteiger partial charge >= 0.3 is 0 Å². The molecule has 3 nitrogen and oxygen atoms in total. The molecule has 0 radical (unpaired) electrons. The van der Waals surface area contributed by atoms with E-state index in [4.69, 9.17) is 17.3 Å². The van der Waals surface area contributed by atoms with E-state index in [1.807, 2.05) is 0 Å². The maximum absolute atomic E-state index is 9.44. The normalized spacial score (nSPS) is 11.8. The van der Waals surface area contributed by atoms with Crippen LogP contribution in [0.4, 0.5) is 0 Å². The Hall–Kier alpha value is -0.930. The average molecular weight is 216 g/mol. The first-order valence-corrected chi connectivity index (χ1v) is 4.63. The highest BCUT2D eigenvalue weighted by Crippen LogP contribution is 2.41. The van der Waals surface area contributed by atoms with E-state index in [0.717, 1.165) is 5.56 Å². The van der Waals surface area contributed by atoms with E-state index in [9.17, 15) is 10.2 Å². The molecule has 0 bridgehead atoms. The van der Waals surface area contributed by atoms with Crippen LogP contribution < -0.4 is 5.73 Å². The van der Waals surface area contributed by atoms with Crippen molar-refractivity contribution in [1.82, 2.24) is 0 Å². The standard InChI is InChI=1S/C10H14ClNO2/c1-5-4-6(13)9(14)8(11)7(5)10(2,3)12/h4,13-14H,12H2,1-3H3. The van der Waals surface area contributed by atoms with E-state index in [1.54, 1.807) is 20.8 Å². The van der Waals surface area contributed by atoms with Gasteiger partial charge in [-0.1, -0.05) is 11.6 Å². The maximum Gasteiger partial charge on any atom is 0.176 e. The fourth-order valence-electron chi connectivity index (χ4n) is 1.54. The summed E-state index contributed by atoms with van der Waals surface area (Å²) in [7, 11) is 0. The third-order valence-electron chi connectivity index (χ3n) is 2.06. The molecule has 0 saturated heterocycles. The van der Waals surface area contributed by atoms with Crippen molar-refractivity contribution >= 4 is 11.6 Å². The van der Waals surface area contributed by atoms with Gasteiger partial charge in [-0.15, -0.1) is 0 Å². The minimum Gasteiger partial charge on any atom is -0.504 e. The molecule has 0 spiro atoms. The first kappa shape index (κ1) is 11.1. The van der Waals surface area contributed by atoms with Crippen molar-refractivity contribution in [1.29, 1.82) is 0 Å². The van der Waals surface area contributed by atoms with Crippen LogP contribution in [-0.2, 0) is 5.54 Å². The van der Waals surface area contributed by atoms with Crippen LogP contribution in [0.15, 0.2) is 6.07 Å². The Morgan fingerprint density at radius 2 is 1.86 bits per heavy atom. The highest BCUT2D eigenvalue weighted by Gasteiger charge is 2.24. The molecule has 0 aliphatic rings. The number of hydrogen-bond acceptors (Lipinski definition) is 3. The maximum atomic E-state index is 9.44. The number of phenolic OH excluding ortho intramolecular Hbond substituents is 2. The van der Waals surface area contributed by atoms with Crippen LogP contribution in [-0.4, -0.2) is 10.2 Å². The number of aryl methyl sites for hydroxylation is 1. The molecular formula is C10H14ClNO2. The highest BCUT2D eigenvalue weighted by atomic mass is 35.5. The minimum absolute atomic E-state index is 0.120. The number of nitrogens with two attached hydrogens (primary N) is 1. The van der Waals surface area contributed by atoms with Crippen LogP contribution in [0.1, 0.15) is 25.0 Å². The second-order valence-electron chi connectivity index (χ2n) is 3.97. The summed E-state index contributed by atoms with van der Waals surface area (Å²) in [5, 5.41) is 18.9. The molecule has 1 aromatic rings. The molecule has 0 aliphatic carbocycles. The Bertz CT molecular complexity index is 369. The van der Waals surface area contributed by atoms with Crippen molar-refractivity contribution in [2.24, 2.45) is 5.73 Å². The number of hydrogen-bond donors (Lipinski definition) is 3. The predicted octanol–water partition coefficient (Wildman–Crippen LogP) is 2.25. The third kappa shape index (κ3) is 1.79. The van der Waals surface area contributed by atoms with E-state index in [-0.39, 0.29) is 16.5 Å².